The fourth-order valence-electron chi connectivity index (χ4n) is 3.33. The van der Waals surface area contributed by atoms with Crippen molar-refractivity contribution in [3.8, 4) is 0 Å². The van der Waals surface area contributed by atoms with Crippen LogP contribution in [0, 0.1) is 0 Å². The van der Waals surface area contributed by atoms with Crippen LogP contribution in [0.5, 0.6) is 0 Å². The molecule has 1 atom stereocenters. The first kappa shape index (κ1) is 20.9. The van der Waals surface area contributed by atoms with Crippen molar-refractivity contribution < 1.29 is 9.84 Å². The minimum atomic E-state index is -0.682. The molecule has 2 aromatic carbocycles. The summed E-state index contributed by atoms with van der Waals surface area (Å²) in [5.41, 5.74) is 1.43. The van der Waals surface area contributed by atoms with E-state index in [9.17, 15) is 9.90 Å². The van der Waals surface area contributed by atoms with Crippen molar-refractivity contribution in [3.05, 3.63) is 69.5 Å². The van der Waals surface area contributed by atoms with E-state index in [4.69, 9.17) is 16.3 Å². The Morgan fingerprint density at radius 1 is 1.17 bits per heavy atom. The standard InChI is InChI=1S/C21H21ClN4O3S/c1-29-12-4-11-25-19(28)16-5-2-3-6-17(16)26-20(25)23-24-21(26)30-13-18(27)14-7-9-15(22)10-8-14/h2-3,5-10,18,27H,4,11-13H2,1H3/t18-/m0/s1. The molecule has 0 unspecified atom stereocenters. The lowest BCUT2D eigenvalue weighted by Gasteiger charge is -2.12. The summed E-state index contributed by atoms with van der Waals surface area (Å²) in [4.78, 5) is 13.0. The lowest BCUT2D eigenvalue weighted by atomic mass is 10.1. The molecule has 0 bridgehead atoms. The molecule has 7 nitrogen and oxygen atoms in total. The summed E-state index contributed by atoms with van der Waals surface area (Å²) in [6.07, 6.45) is 0.00755. The number of fused-ring (bicyclic) bond motifs is 3. The zero-order valence-electron chi connectivity index (χ0n) is 16.4. The fourth-order valence-corrected chi connectivity index (χ4v) is 4.36. The quantitative estimate of drug-likeness (QED) is 0.330. The highest BCUT2D eigenvalue weighted by Gasteiger charge is 2.18. The maximum atomic E-state index is 13.0. The predicted octanol–water partition coefficient (Wildman–Crippen LogP) is 3.56. The summed E-state index contributed by atoms with van der Waals surface area (Å²) < 4.78 is 8.63. The number of hydrogen-bond donors (Lipinski definition) is 1. The smallest absolute Gasteiger partial charge is 0.262 e. The summed E-state index contributed by atoms with van der Waals surface area (Å²) >= 11 is 7.31. The number of aliphatic hydroxyl groups is 1. The van der Waals surface area contributed by atoms with E-state index >= 15 is 0 Å². The Kier molecular flexibility index (Phi) is 6.38. The molecule has 9 heteroatoms. The molecule has 4 rings (SSSR count). The largest absolute Gasteiger partial charge is 0.388 e. The zero-order chi connectivity index (χ0) is 21.1. The molecule has 0 aliphatic carbocycles. The van der Waals surface area contributed by atoms with Gasteiger partial charge in [0, 0.05) is 31.0 Å². The summed E-state index contributed by atoms with van der Waals surface area (Å²) in [7, 11) is 1.64. The van der Waals surface area contributed by atoms with Gasteiger partial charge in [-0.3, -0.25) is 13.8 Å². The number of nitrogens with zero attached hydrogens (tertiary/aromatic N) is 4. The van der Waals surface area contributed by atoms with Crippen molar-refractivity contribution in [2.75, 3.05) is 19.5 Å². The van der Waals surface area contributed by atoms with E-state index < -0.39 is 6.10 Å². The second-order valence-electron chi connectivity index (χ2n) is 6.82. The van der Waals surface area contributed by atoms with E-state index in [0.717, 1.165) is 11.1 Å². The van der Waals surface area contributed by atoms with Crippen LogP contribution in [0.15, 0.2) is 58.5 Å². The molecular formula is C21H21ClN4O3S. The SMILES string of the molecule is COCCCn1c(=O)c2ccccc2n2c(SC[C@H](O)c3ccc(Cl)cc3)nnc12. The Labute approximate surface area is 182 Å². The third-order valence-corrected chi connectivity index (χ3v) is 6.09. The number of aryl methyl sites for hydroxylation is 1. The summed E-state index contributed by atoms with van der Waals surface area (Å²) in [6.45, 7) is 1.03. The molecule has 0 radical (unpaired) electrons. The minimum absolute atomic E-state index is 0.0978. The van der Waals surface area contributed by atoms with E-state index in [1.807, 2.05) is 22.6 Å². The lowest BCUT2D eigenvalue weighted by Crippen LogP contribution is -2.24. The van der Waals surface area contributed by atoms with E-state index in [0.29, 0.717) is 46.7 Å². The second kappa shape index (κ2) is 9.18. The first-order valence-electron chi connectivity index (χ1n) is 9.52. The second-order valence-corrected chi connectivity index (χ2v) is 8.24. The van der Waals surface area contributed by atoms with Crippen LogP contribution in [0.3, 0.4) is 0 Å². The van der Waals surface area contributed by atoms with Gasteiger partial charge in [0.25, 0.3) is 5.56 Å². The molecule has 0 fully saturated rings. The molecule has 0 aliphatic rings. The number of para-hydroxylation sites is 1. The molecule has 2 aromatic heterocycles. The zero-order valence-corrected chi connectivity index (χ0v) is 17.9. The number of benzene rings is 2. The average Bonchev–Trinajstić information content (AvgIpc) is 3.19. The first-order chi connectivity index (χ1) is 14.6. The maximum absolute atomic E-state index is 13.0. The Morgan fingerprint density at radius 3 is 2.70 bits per heavy atom. The third kappa shape index (κ3) is 4.09. The number of hydrogen-bond acceptors (Lipinski definition) is 6. The van der Waals surface area contributed by atoms with Gasteiger partial charge in [-0.15, -0.1) is 10.2 Å². The Bertz CT molecular complexity index is 1220. The number of methoxy groups -OCH3 is 1. The number of aliphatic hydroxyl groups excluding tert-OH is 1. The highest BCUT2D eigenvalue weighted by Crippen LogP contribution is 2.26. The van der Waals surface area contributed by atoms with Gasteiger partial charge in [0.15, 0.2) is 5.16 Å². The van der Waals surface area contributed by atoms with Crippen LogP contribution in [0.25, 0.3) is 16.7 Å². The predicted molar refractivity (Wildman–Crippen MR) is 118 cm³/mol. The molecule has 4 aromatic rings. The van der Waals surface area contributed by atoms with Crippen molar-refractivity contribution >= 4 is 40.0 Å². The third-order valence-electron chi connectivity index (χ3n) is 4.83. The number of halogens is 1. The lowest BCUT2D eigenvalue weighted by molar-refractivity contribution is 0.190. The van der Waals surface area contributed by atoms with Crippen LogP contribution >= 0.6 is 23.4 Å². The van der Waals surface area contributed by atoms with Crippen molar-refractivity contribution in [2.45, 2.75) is 24.2 Å². The van der Waals surface area contributed by atoms with Crippen molar-refractivity contribution in [2.24, 2.45) is 0 Å². The normalized spacial score (nSPS) is 12.6. The minimum Gasteiger partial charge on any atom is -0.388 e. The van der Waals surface area contributed by atoms with E-state index in [1.165, 1.54) is 11.8 Å². The highest BCUT2D eigenvalue weighted by atomic mass is 35.5. The van der Waals surface area contributed by atoms with Gasteiger partial charge in [0.1, 0.15) is 0 Å². The molecule has 1 N–H and O–H groups in total. The highest BCUT2D eigenvalue weighted by molar-refractivity contribution is 7.99. The van der Waals surface area contributed by atoms with Gasteiger partial charge in [-0.05, 0) is 36.2 Å². The monoisotopic (exact) mass is 444 g/mol. The molecule has 156 valence electrons. The van der Waals surface area contributed by atoms with Gasteiger partial charge >= 0.3 is 0 Å². The molecule has 2 heterocycles. The van der Waals surface area contributed by atoms with Gasteiger partial charge < -0.3 is 9.84 Å². The molecule has 0 saturated carbocycles. The van der Waals surface area contributed by atoms with Crippen molar-refractivity contribution in [1.29, 1.82) is 0 Å². The first-order valence-corrected chi connectivity index (χ1v) is 10.9. The van der Waals surface area contributed by atoms with Crippen LogP contribution < -0.4 is 5.56 Å². The summed E-state index contributed by atoms with van der Waals surface area (Å²) in [5.74, 6) is 0.873. The topological polar surface area (TPSA) is 81.7 Å². The molecule has 0 aliphatic heterocycles. The fraction of sp³-hybridized carbons (Fsp3) is 0.286. The number of ether oxygens (including phenoxy) is 1. The van der Waals surface area contributed by atoms with Crippen LogP contribution in [0.4, 0.5) is 0 Å². The van der Waals surface area contributed by atoms with Gasteiger partial charge in [-0.25, -0.2) is 0 Å². The Hall–Kier alpha value is -2.39. The van der Waals surface area contributed by atoms with Crippen LogP contribution in [0.1, 0.15) is 18.1 Å². The molecule has 0 spiro atoms. The summed E-state index contributed by atoms with van der Waals surface area (Å²) in [5, 5.41) is 21.0. The number of thioether (sulfide) groups is 1. The van der Waals surface area contributed by atoms with Crippen LogP contribution in [-0.2, 0) is 11.3 Å². The van der Waals surface area contributed by atoms with Gasteiger partial charge in [0.2, 0.25) is 5.78 Å². The van der Waals surface area contributed by atoms with Crippen LogP contribution in [0.2, 0.25) is 5.02 Å². The van der Waals surface area contributed by atoms with Gasteiger partial charge in [-0.2, -0.15) is 0 Å². The van der Waals surface area contributed by atoms with E-state index in [1.54, 1.807) is 42.0 Å². The molecule has 0 saturated heterocycles. The molecule has 30 heavy (non-hydrogen) atoms. The summed E-state index contributed by atoms with van der Waals surface area (Å²) in [6, 6.07) is 14.5. The van der Waals surface area contributed by atoms with Gasteiger partial charge in [0.05, 0.1) is 17.0 Å². The average molecular weight is 445 g/mol. The Morgan fingerprint density at radius 2 is 1.93 bits per heavy atom. The van der Waals surface area contributed by atoms with Gasteiger partial charge in [-0.1, -0.05) is 47.6 Å². The van der Waals surface area contributed by atoms with Crippen molar-refractivity contribution in [1.82, 2.24) is 19.2 Å². The Balaban J connectivity index is 1.70. The van der Waals surface area contributed by atoms with Crippen LogP contribution in [-0.4, -0.2) is 43.7 Å². The maximum Gasteiger partial charge on any atom is 0.262 e. The molecular weight excluding hydrogens is 424 g/mol. The number of rotatable bonds is 8. The van der Waals surface area contributed by atoms with Crippen molar-refractivity contribution in [3.63, 3.8) is 0 Å². The van der Waals surface area contributed by atoms with E-state index in [-0.39, 0.29) is 5.56 Å². The van der Waals surface area contributed by atoms with E-state index in [2.05, 4.69) is 10.2 Å². The number of aromatic nitrogens is 4. The molecule has 0 amide bonds.